The molecule has 2 aliphatic heterocycles. The van der Waals surface area contributed by atoms with Gasteiger partial charge in [0.25, 0.3) is 5.91 Å². The maximum absolute atomic E-state index is 13.2. The van der Waals surface area contributed by atoms with Crippen molar-refractivity contribution in [2.75, 3.05) is 30.3 Å². The first-order valence-electron chi connectivity index (χ1n) is 10.1. The smallest absolute Gasteiger partial charge is 0.254 e. The average Bonchev–Trinajstić information content (AvgIpc) is 3.06. The summed E-state index contributed by atoms with van der Waals surface area (Å²) in [5.74, 6) is 1.30. The summed E-state index contributed by atoms with van der Waals surface area (Å²) in [7, 11) is -3.36. The van der Waals surface area contributed by atoms with Crippen LogP contribution < -0.4 is 13.8 Å². The molecular weight excluding hydrogens is 404 g/mol. The zero-order valence-electron chi connectivity index (χ0n) is 17.4. The van der Waals surface area contributed by atoms with Crippen LogP contribution in [0.5, 0.6) is 11.5 Å². The van der Waals surface area contributed by atoms with Crippen LogP contribution in [0.4, 0.5) is 5.69 Å². The van der Waals surface area contributed by atoms with Gasteiger partial charge in [0, 0.05) is 30.3 Å². The Morgan fingerprint density at radius 3 is 2.70 bits per heavy atom. The Bertz CT molecular complexity index is 1080. The number of ether oxygens (including phenoxy) is 2. The third-order valence-electron chi connectivity index (χ3n) is 5.51. The van der Waals surface area contributed by atoms with E-state index < -0.39 is 10.0 Å². The number of carbonyl (C=O) groups excluding carboxylic acids is 1. The first kappa shape index (κ1) is 20.5. The van der Waals surface area contributed by atoms with Crippen LogP contribution in [0, 0.1) is 0 Å². The summed E-state index contributed by atoms with van der Waals surface area (Å²) in [6, 6.07) is 10.8. The van der Waals surface area contributed by atoms with E-state index in [0.717, 1.165) is 11.1 Å². The Morgan fingerprint density at radius 2 is 1.97 bits per heavy atom. The van der Waals surface area contributed by atoms with Gasteiger partial charge in [-0.3, -0.25) is 9.10 Å². The Kier molecular flexibility index (Phi) is 5.36. The average molecular weight is 431 g/mol. The molecule has 0 N–H and O–H groups in total. The molecule has 1 atom stereocenters. The molecule has 2 aromatic carbocycles. The predicted octanol–water partition coefficient (Wildman–Crippen LogP) is 2.83. The molecule has 30 heavy (non-hydrogen) atoms. The van der Waals surface area contributed by atoms with Crippen LogP contribution in [0.15, 0.2) is 36.4 Å². The third-order valence-corrected chi connectivity index (χ3v) is 6.79. The molecule has 2 aromatic rings. The number of para-hydroxylation sites is 1. The quantitative estimate of drug-likeness (QED) is 0.729. The van der Waals surface area contributed by atoms with Crippen molar-refractivity contribution >= 4 is 21.6 Å². The molecular formula is C22H26N2O5S. The highest BCUT2D eigenvalue weighted by Gasteiger charge is 2.33. The molecule has 0 bridgehead atoms. The van der Waals surface area contributed by atoms with E-state index in [1.165, 1.54) is 10.6 Å². The zero-order chi connectivity index (χ0) is 21.5. The Hall–Kier alpha value is -2.74. The predicted molar refractivity (Wildman–Crippen MR) is 115 cm³/mol. The fourth-order valence-corrected chi connectivity index (χ4v) is 5.48. The molecule has 4 rings (SSSR count). The summed E-state index contributed by atoms with van der Waals surface area (Å²) in [5, 5.41) is 0. The van der Waals surface area contributed by atoms with E-state index in [0.29, 0.717) is 55.5 Å². The van der Waals surface area contributed by atoms with Crippen molar-refractivity contribution in [2.45, 2.75) is 32.9 Å². The minimum absolute atomic E-state index is 0.0971. The van der Waals surface area contributed by atoms with Gasteiger partial charge in [0.15, 0.2) is 11.5 Å². The lowest BCUT2D eigenvalue weighted by molar-refractivity contribution is 0.0749. The summed E-state index contributed by atoms with van der Waals surface area (Å²) < 4.78 is 37.1. The molecule has 1 amide bonds. The molecule has 0 spiro atoms. The molecule has 0 aromatic heterocycles. The molecule has 2 aliphatic rings. The molecule has 1 unspecified atom stereocenters. The standard InChI is InChI=1S/C22H26N2O5S/c1-4-23(14-17-6-5-7-20-21(17)29-11-10-28-20)22(25)16-8-9-19-18(13-16)12-15(2)24(19)30(3,26)27/h5-9,13,15H,4,10-12,14H2,1-3H3. The Labute approximate surface area is 177 Å². The number of benzene rings is 2. The van der Waals surface area contributed by atoms with E-state index >= 15 is 0 Å². The van der Waals surface area contributed by atoms with E-state index in [9.17, 15) is 13.2 Å². The number of sulfonamides is 1. The summed E-state index contributed by atoms with van der Waals surface area (Å²) in [6.45, 7) is 5.76. The van der Waals surface area contributed by atoms with Crippen LogP contribution >= 0.6 is 0 Å². The fraction of sp³-hybridized carbons (Fsp3) is 0.409. The minimum Gasteiger partial charge on any atom is -0.486 e. The van der Waals surface area contributed by atoms with Gasteiger partial charge in [-0.2, -0.15) is 0 Å². The zero-order valence-corrected chi connectivity index (χ0v) is 18.2. The van der Waals surface area contributed by atoms with E-state index in [4.69, 9.17) is 9.47 Å². The molecule has 8 heteroatoms. The number of hydrogen-bond acceptors (Lipinski definition) is 5. The van der Waals surface area contributed by atoms with Gasteiger partial charge in [0.05, 0.1) is 11.9 Å². The van der Waals surface area contributed by atoms with Crippen molar-refractivity contribution in [3.8, 4) is 11.5 Å². The lowest BCUT2D eigenvalue weighted by Gasteiger charge is -2.26. The highest BCUT2D eigenvalue weighted by molar-refractivity contribution is 7.92. The second-order valence-electron chi connectivity index (χ2n) is 7.72. The van der Waals surface area contributed by atoms with Crippen LogP contribution in [0.3, 0.4) is 0 Å². The number of hydrogen-bond donors (Lipinski definition) is 0. The van der Waals surface area contributed by atoms with Crippen LogP contribution in [0.1, 0.15) is 35.3 Å². The van der Waals surface area contributed by atoms with Crippen LogP contribution in [0.25, 0.3) is 0 Å². The van der Waals surface area contributed by atoms with E-state index in [1.54, 1.807) is 17.0 Å². The van der Waals surface area contributed by atoms with Gasteiger partial charge in [-0.15, -0.1) is 0 Å². The minimum atomic E-state index is -3.36. The maximum Gasteiger partial charge on any atom is 0.254 e. The van der Waals surface area contributed by atoms with Crippen molar-refractivity contribution in [1.82, 2.24) is 4.90 Å². The number of carbonyl (C=O) groups is 1. The first-order chi connectivity index (χ1) is 14.3. The van der Waals surface area contributed by atoms with Gasteiger partial charge < -0.3 is 14.4 Å². The van der Waals surface area contributed by atoms with Gasteiger partial charge >= 0.3 is 0 Å². The third kappa shape index (κ3) is 3.71. The highest BCUT2D eigenvalue weighted by Crippen LogP contribution is 2.36. The summed E-state index contributed by atoms with van der Waals surface area (Å²) in [6.07, 6.45) is 1.80. The van der Waals surface area contributed by atoms with E-state index in [-0.39, 0.29) is 11.9 Å². The van der Waals surface area contributed by atoms with Gasteiger partial charge in [0.1, 0.15) is 13.2 Å². The van der Waals surface area contributed by atoms with Crippen LogP contribution in [-0.2, 0) is 23.0 Å². The first-order valence-corrected chi connectivity index (χ1v) is 11.9. The molecule has 0 saturated carbocycles. The maximum atomic E-state index is 13.2. The molecule has 0 radical (unpaired) electrons. The highest BCUT2D eigenvalue weighted by atomic mass is 32.2. The van der Waals surface area contributed by atoms with E-state index in [2.05, 4.69) is 0 Å². The van der Waals surface area contributed by atoms with Gasteiger partial charge in [-0.1, -0.05) is 12.1 Å². The summed E-state index contributed by atoms with van der Waals surface area (Å²) in [5.41, 5.74) is 3.00. The number of amides is 1. The second kappa shape index (κ2) is 7.83. The normalized spacial score (nSPS) is 17.6. The molecule has 0 aliphatic carbocycles. The van der Waals surface area contributed by atoms with Crippen molar-refractivity contribution < 1.29 is 22.7 Å². The summed E-state index contributed by atoms with van der Waals surface area (Å²) in [4.78, 5) is 15.0. The monoisotopic (exact) mass is 430 g/mol. The van der Waals surface area contributed by atoms with Gasteiger partial charge in [0.2, 0.25) is 10.0 Å². The Morgan fingerprint density at radius 1 is 1.20 bits per heavy atom. The van der Waals surface area contributed by atoms with Crippen LogP contribution in [-0.4, -0.2) is 51.3 Å². The number of fused-ring (bicyclic) bond motifs is 2. The lowest BCUT2D eigenvalue weighted by atomic mass is 10.1. The number of rotatable bonds is 5. The largest absolute Gasteiger partial charge is 0.486 e. The summed E-state index contributed by atoms with van der Waals surface area (Å²) >= 11 is 0. The second-order valence-corrected chi connectivity index (χ2v) is 9.58. The van der Waals surface area contributed by atoms with Crippen molar-refractivity contribution in [3.63, 3.8) is 0 Å². The fourth-order valence-electron chi connectivity index (χ4n) is 4.22. The van der Waals surface area contributed by atoms with Gasteiger partial charge in [-0.05, 0) is 50.1 Å². The van der Waals surface area contributed by atoms with Crippen molar-refractivity contribution in [3.05, 3.63) is 53.1 Å². The van der Waals surface area contributed by atoms with Crippen molar-refractivity contribution in [1.29, 1.82) is 0 Å². The number of nitrogens with zero attached hydrogens (tertiary/aromatic N) is 2. The number of anilines is 1. The van der Waals surface area contributed by atoms with Gasteiger partial charge in [-0.25, -0.2) is 8.42 Å². The molecule has 0 saturated heterocycles. The van der Waals surface area contributed by atoms with E-state index in [1.807, 2.05) is 38.1 Å². The molecule has 160 valence electrons. The van der Waals surface area contributed by atoms with Crippen molar-refractivity contribution in [2.24, 2.45) is 0 Å². The SMILES string of the molecule is CCN(Cc1cccc2c1OCCO2)C(=O)c1ccc2c(c1)CC(C)N2S(C)(=O)=O. The topological polar surface area (TPSA) is 76.2 Å². The molecule has 0 fully saturated rings. The lowest BCUT2D eigenvalue weighted by Crippen LogP contribution is -2.34. The van der Waals surface area contributed by atoms with Crippen LogP contribution in [0.2, 0.25) is 0 Å². The molecule has 2 heterocycles. The molecule has 7 nitrogen and oxygen atoms in total. The Balaban J connectivity index is 1.59.